The van der Waals surface area contributed by atoms with Crippen LogP contribution in [0, 0.1) is 5.41 Å². The molecule has 0 radical (unpaired) electrons. The van der Waals surface area contributed by atoms with E-state index in [-0.39, 0.29) is 61.1 Å². The van der Waals surface area contributed by atoms with Gasteiger partial charge in [-0.15, -0.1) is 5.10 Å². The molecule has 0 fully saturated rings. The van der Waals surface area contributed by atoms with Crippen LogP contribution >= 0.6 is 0 Å². The van der Waals surface area contributed by atoms with E-state index >= 15 is 0 Å². The minimum absolute atomic E-state index is 0.123. The van der Waals surface area contributed by atoms with E-state index in [0.29, 0.717) is 50.5 Å². The summed E-state index contributed by atoms with van der Waals surface area (Å²) in [5, 5.41) is 15.4. The number of hydrogen-bond acceptors (Lipinski definition) is 9. The van der Waals surface area contributed by atoms with E-state index in [9.17, 15) is 19.2 Å². The number of aromatic nitrogens is 3. The molecule has 2 heterocycles. The summed E-state index contributed by atoms with van der Waals surface area (Å²) in [4.78, 5) is 53.5. The monoisotopic (exact) mass is 744 g/mol. The highest BCUT2D eigenvalue weighted by atomic mass is 16.5. The van der Waals surface area contributed by atoms with Crippen LogP contribution in [0.1, 0.15) is 105 Å². The Balaban J connectivity index is 1.37. The van der Waals surface area contributed by atoms with Crippen molar-refractivity contribution in [2.24, 2.45) is 5.41 Å². The normalized spacial score (nSPS) is 13.2. The Hall–Kier alpha value is -4.42. The lowest BCUT2D eigenvalue weighted by Gasteiger charge is -2.31. The van der Waals surface area contributed by atoms with E-state index < -0.39 is 5.41 Å². The van der Waals surface area contributed by atoms with Crippen LogP contribution in [0.5, 0.6) is 0 Å². The van der Waals surface area contributed by atoms with Gasteiger partial charge in [0.2, 0.25) is 11.8 Å². The number of nitrogens with one attached hydrogen (secondary N) is 2. The SMILES string of the molecule is CCCOCCC(=O)NCCC(=O)N1Cc2ccccc2-c2c(nnn2CCOC(=O)CCCCCC(NC(C)(C)C)C(=O)C(C)(C)C)-c2ccccc21. The highest BCUT2D eigenvalue weighted by molar-refractivity contribution is 6.00. The molecule has 54 heavy (non-hydrogen) atoms. The third-order valence-corrected chi connectivity index (χ3v) is 9.17. The first-order valence-corrected chi connectivity index (χ1v) is 19.4. The number of hydrogen-bond donors (Lipinski definition) is 2. The number of esters is 1. The minimum Gasteiger partial charge on any atom is -0.464 e. The lowest BCUT2D eigenvalue weighted by atomic mass is 9.83. The second kappa shape index (κ2) is 19.8. The fourth-order valence-electron chi connectivity index (χ4n) is 6.56. The molecule has 2 aromatic carbocycles. The number of unbranched alkanes of at least 4 members (excludes halogenated alkanes) is 2. The van der Waals surface area contributed by atoms with Crippen LogP contribution in [0.4, 0.5) is 5.69 Å². The number of amides is 2. The minimum atomic E-state index is -0.426. The van der Waals surface area contributed by atoms with Gasteiger partial charge in [-0.05, 0) is 51.7 Å². The molecule has 1 unspecified atom stereocenters. The van der Waals surface area contributed by atoms with Gasteiger partial charge < -0.3 is 25.0 Å². The number of para-hydroxylation sites is 1. The molecule has 2 N–H and O–H groups in total. The van der Waals surface area contributed by atoms with E-state index in [1.807, 2.05) is 76.2 Å². The molecule has 0 spiro atoms. The maximum Gasteiger partial charge on any atom is 0.305 e. The Morgan fingerprint density at radius 2 is 1.57 bits per heavy atom. The van der Waals surface area contributed by atoms with Crippen LogP contribution in [0.15, 0.2) is 48.5 Å². The number of carbonyl (C=O) groups is 4. The number of fused-ring (bicyclic) bond motifs is 5. The van der Waals surface area contributed by atoms with Crippen molar-refractivity contribution in [2.75, 3.05) is 31.3 Å². The number of anilines is 1. The summed E-state index contributed by atoms with van der Waals surface area (Å²) in [6.45, 7) is 16.0. The zero-order valence-electron chi connectivity index (χ0n) is 33.3. The molecule has 0 saturated heterocycles. The van der Waals surface area contributed by atoms with Crippen LogP contribution in [-0.4, -0.2) is 76.5 Å². The Bertz CT molecular complexity index is 1720. The Morgan fingerprint density at radius 3 is 2.30 bits per heavy atom. The third-order valence-electron chi connectivity index (χ3n) is 9.17. The van der Waals surface area contributed by atoms with Crippen LogP contribution < -0.4 is 15.5 Å². The quantitative estimate of drug-likeness (QED) is 0.102. The number of benzene rings is 2. The number of ketones is 1. The average molecular weight is 745 g/mol. The molecule has 2 amide bonds. The van der Waals surface area contributed by atoms with E-state index in [2.05, 4.69) is 41.7 Å². The van der Waals surface area contributed by atoms with Crippen LogP contribution in [-0.2, 0) is 41.7 Å². The molecule has 0 aliphatic carbocycles. The highest BCUT2D eigenvalue weighted by Gasteiger charge is 2.32. The number of Topliss-reactive ketones (excluding diaryl/α,β-unsaturated/α-hetero) is 1. The van der Waals surface area contributed by atoms with Crippen LogP contribution in [0.2, 0.25) is 0 Å². The summed E-state index contributed by atoms with van der Waals surface area (Å²) in [7, 11) is 0. The number of carbonyl (C=O) groups excluding carboxylic acids is 4. The van der Waals surface area contributed by atoms with E-state index in [4.69, 9.17) is 9.47 Å². The maximum atomic E-state index is 13.7. The smallest absolute Gasteiger partial charge is 0.305 e. The molecule has 3 aromatic rings. The summed E-state index contributed by atoms with van der Waals surface area (Å²) in [6, 6.07) is 15.3. The molecule has 1 aliphatic rings. The van der Waals surface area contributed by atoms with Gasteiger partial charge in [-0.3, -0.25) is 19.2 Å². The first kappa shape index (κ1) is 42.3. The second-order valence-corrected chi connectivity index (χ2v) is 16.0. The predicted molar refractivity (Wildman–Crippen MR) is 211 cm³/mol. The lowest BCUT2D eigenvalue weighted by Crippen LogP contribution is -2.50. The van der Waals surface area contributed by atoms with E-state index in [0.717, 1.165) is 48.1 Å². The van der Waals surface area contributed by atoms with Crippen LogP contribution in [0.25, 0.3) is 22.5 Å². The molecule has 294 valence electrons. The standard InChI is InChI=1S/C42H60N6O6/c1-8-26-53-27-23-35(49)43-24-22-36(50)47-29-30-16-12-13-17-31(30)39-38(32-18-14-15-20-34(32)47)45-46-48(39)25-28-54-37(51)21-11-9-10-19-33(44-42(5,6)7)40(52)41(2,3)4/h12-18,20,33,44H,8-11,19,21-29H2,1-7H3,(H,43,49). The van der Waals surface area contributed by atoms with Crippen molar-refractivity contribution in [3.63, 3.8) is 0 Å². The molecule has 1 atom stereocenters. The fraction of sp³-hybridized carbons (Fsp3) is 0.571. The van der Waals surface area contributed by atoms with Crippen LogP contribution in [0.3, 0.4) is 0 Å². The van der Waals surface area contributed by atoms with Gasteiger partial charge in [0.25, 0.3) is 0 Å². The van der Waals surface area contributed by atoms with Gasteiger partial charge in [0, 0.05) is 54.5 Å². The number of rotatable bonds is 19. The topological polar surface area (TPSA) is 145 Å². The van der Waals surface area contributed by atoms with Gasteiger partial charge in [-0.25, -0.2) is 4.68 Å². The first-order valence-electron chi connectivity index (χ1n) is 19.4. The van der Waals surface area contributed by atoms with Crippen molar-refractivity contribution in [3.8, 4) is 22.5 Å². The summed E-state index contributed by atoms with van der Waals surface area (Å²) >= 11 is 0. The summed E-state index contributed by atoms with van der Waals surface area (Å²) in [6.07, 6.45) is 4.66. The zero-order valence-corrected chi connectivity index (χ0v) is 33.3. The maximum absolute atomic E-state index is 13.7. The molecule has 4 rings (SSSR count). The zero-order chi connectivity index (χ0) is 39.3. The van der Waals surface area contributed by atoms with Gasteiger partial charge in [0.05, 0.1) is 37.1 Å². The Morgan fingerprint density at radius 1 is 0.852 bits per heavy atom. The highest BCUT2D eigenvalue weighted by Crippen LogP contribution is 2.41. The molecule has 12 nitrogen and oxygen atoms in total. The molecular weight excluding hydrogens is 684 g/mol. The summed E-state index contributed by atoms with van der Waals surface area (Å²) in [5.74, 6) is -0.332. The molecule has 1 aromatic heterocycles. The van der Waals surface area contributed by atoms with Gasteiger partial charge >= 0.3 is 5.97 Å². The molecule has 0 bridgehead atoms. The van der Waals surface area contributed by atoms with Gasteiger partial charge in [-0.2, -0.15) is 0 Å². The van der Waals surface area contributed by atoms with Gasteiger partial charge in [0.15, 0.2) is 5.78 Å². The van der Waals surface area contributed by atoms with Gasteiger partial charge in [0.1, 0.15) is 12.3 Å². The molecule has 12 heteroatoms. The van der Waals surface area contributed by atoms with E-state index in [1.165, 1.54) is 0 Å². The molecular formula is C42H60N6O6. The molecule has 1 aliphatic heterocycles. The Labute approximate surface area is 320 Å². The Kier molecular flexibility index (Phi) is 15.5. The summed E-state index contributed by atoms with van der Waals surface area (Å²) < 4.78 is 12.8. The van der Waals surface area contributed by atoms with E-state index in [1.54, 1.807) is 9.58 Å². The van der Waals surface area contributed by atoms with Crippen molar-refractivity contribution in [3.05, 3.63) is 54.1 Å². The van der Waals surface area contributed by atoms with Crippen molar-refractivity contribution >= 4 is 29.3 Å². The molecule has 0 saturated carbocycles. The van der Waals surface area contributed by atoms with Crippen molar-refractivity contribution in [2.45, 2.75) is 125 Å². The lowest BCUT2D eigenvalue weighted by molar-refractivity contribution is -0.144. The first-order chi connectivity index (χ1) is 25.7. The fourth-order valence-corrected chi connectivity index (χ4v) is 6.56. The van der Waals surface area contributed by atoms with Crippen molar-refractivity contribution < 1.29 is 28.7 Å². The number of nitrogens with zero attached hydrogens (tertiary/aromatic N) is 4. The average Bonchev–Trinajstić information content (AvgIpc) is 3.52. The predicted octanol–water partition coefficient (Wildman–Crippen LogP) is 6.65. The largest absolute Gasteiger partial charge is 0.464 e. The van der Waals surface area contributed by atoms with Gasteiger partial charge in [-0.1, -0.05) is 88.2 Å². The number of ether oxygens (including phenoxy) is 2. The van der Waals surface area contributed by atoms with Crippen molar-refractivity contribution in [1.82, 2.24) is 25.6 Å². The third kappa shape index (κ3) is 12.3. The summed E-state index contributed by atoms with van der Waals surface area (Å²) in [5.41, 5.74) is 4.11. The second-order valence-electron chi connectivity index (χ2n) is 16.0. The van der Waals surface area contributed by atoms with Crippen molar-refractivity contribution in [1.29, 1.82) is 0 Å².